The van der Waals surface area contributed by atoms with Crippen LogP contribution in [0.15, 0.2) is 52.2 Å². The summed E-state index contributed by atoms with van der Waals surface area (Å²) in [4.78, 5) is 3.49. The summed E-state index contributed by atoms with van der Waals surface area (Å²) in [5.74, 6) is -0.504. The summed E-state index contributed by atoms with van der Waals surface area (Å²) in [5.41, 5.74) is 10.4. The number of hydrogen-bond acceptors (Lipinski definition) is 2. The minimum absolute atomic E-state index is 0.504. The molecule has 1 saturated carbocycles. The summed E-state index contributed by atoms with van der Waals surface area (Å²) in [7, 11) is 1.42. The van der Waals surface area contributed by atoms with Crippen molar-refractivity contribution in [3.05, 3.63) is 47.2 Å². The molecule has 0 bridgehead atoms. The van der Waals surface area contributed by atoms with E-state index in [2.05, 4.69) is 18.2 Å². The van der Waals surface area contributed by atoms with Gasteiger partial charge in [0.15, 0.2) is 0 Å². The van der Waals surface area contributed by atoms with Crippen molar-refractivity contribution in [1.29, 1.82) is 0 Å². The zero-order valence-corrected chi connectivity index (χ0v) is 11.2. The highest BCUT2D eigenvalue weighted by Gasteiger charge is 2.17. The molecule has 0 aromatic rings. The molecule has 18 heavy (non-hydrogen) atoms. The fourth-order valence-electron chi connectivity index (χ4n) is 2.10. The standard InChI is InChI=1S/C15H21FN2/c1-5-12(9-14(16)18-4)11(3)15(17)13-8-6-7-10(13)2/h9H,2-3,5-8,17H2,1,4H3/b12-9+,15-13+,18-14?. The van der Waals surface area contributed by atoms with Crippen molar-refractivity contribution in [3.63, 3.8) is 0 Å². The minimum atomic E-state index is -0.504. The van der Waals surface area contributed by atoms with Gasteiger partial charge in [0.2, 0.25) is 5.97 Å². The molecule has 98 valence electrons. The lowest BCUT2D eigenvalue weighted by Gasteiger charge is -2.12. The molecule has 1 rings (SSSR count). The Labute approximate surface area is 108 Å². The van der Waals surface area contributed by atoms with Crippen molar-refractivity contribution in [1.82, 2.24) is 0 Å². The van der Waals surface area contributed by atoms with E-state index in [1.807, 2.05) is 6.92 Å². The van der Waals surface area contributed by atoms with Crippen molar-refractivity contribution < 1.29 is 4.39 Å². The van der Waals surface area contributed by atoms with E-state index >= 15 is 0 Å². The number of allylic oxidation sites excluding steroid dienone is 4. The predicted octanol–water partition coefficient (Wildman–Crippen LogP) is 3.83. The summed E-state index contributed by atoms with van der Waals surface area (Å²) < 4.78 is 13.2. The van der Waals surface area contributed by atoms with E-state index in [1.54, 1.807) is 0 Å². The molecule has 0 aromatic heterocycles. The van der Waals surface area contributed by atoms with E-state index in [9.17, 15) is 4.39 Å². The van der Waals surface area contributed by atoms with Gasteiger partial charge in [0.1, 0.15) is 0 Å². The number of hydrogen-bond donors (Lipinski definition) is 1. The largest absolute Gasteiger partial charge is 0.398 e. The Balaban J connectivity index is 3.06. The second-order valence-corrected chi connectivity index (χ2v) is 4.40. The predicted molar refractivity (Wildman–Crippen MR) is 76.2 cm³/mol. The van der Waals surface area contributed by atoms with E-state index in [0.717, 1.165) is 36.0 Å². The Morgan fingerprint density at radius 1 is 1.50 bits per heavy atom. The molecule has 0 atom stereocenters. The molecule has 0 aromatic carbocycles. The smallest absolute Gasteiger partial charge is 0.208 e. The number of rotatable bonds is 4. The van der Waals surface area contributed by atoms with Gasteiger partial charge in [0.05, 0.1) is 0 Å². The Bertz CT molecular complexity index is 453. The second-order valence-electron chi connectivity index (χ2n) is 4.40. The van der Waals surface area contributed by atoms with Crippen LogP contribution in [0.2, 0.25) is 0 Å². The zero-order valence-electron chi connectivity index (χ0n) is 11.2. The van der Waals surface area contributed by atoms with E-state index < -0.39 is 5.97 Å². The van der Waals surface area contributed by atoms with Crippen LogP contribution in [0.1, 0.15) is 32.6 Å². The van der Waals surface area contributed by atoms with Crippen molar-refractivity contribution in [3.8, 4) is 0 Å². The highest BCUT2D eigenvalue weighted by atomic mass is 19.1. The normalized spacial score (nSPS) is 20.3. The van der Waals surface area contributed by atoms with Gasteiger partial charge in [-0.1, -0.05) is 20.1 Å². The van der Waals surface area contributed by atoms with E-state index in [-0.39, 0.29) is 0 Å². The Hall–Kier alpha value is -1.64. The van der Waals surface area contributed by atoms with E-state index in [4.69, 9.17) is 5.73 Å². The lowest BCUT2D eigenvalue weighted by atomic mass is 9.97. The first kappa shape index (κ1) is 14.4. The molecule has 0 radical (unpaired) electrons. The molecule has 2 N–H and O–H groups in total. The van der Waals surface area contributed by atoms with Gasteiger partial charge in [-0.15, -0.1) is 0 Å². The SMILES string of the molecule is C=C(/C(=C/C(F)=NC)CC)/C(N)=C1/CCCC1=C. The number of aliphatic imine (C=N–C) groups is 1. The molecule has 0 saturated heterocycles. The summed E-state index contributed by atoms with van der Waals surface area (Å²) in [6.45, 7) is 9.93. The van der Waals surface area contributed by atoms with Crippen LogP contribution in [-0.4, -0.2) is 13.0 Å². The van der Waals surface area contributed by atoms with Gasteiger partial charge in [-0.25, -0.2) is 0 Å². The van der Waals surface area contributed by atoms with Crippen LogP contribution in [0.3, 0.4) is 0 Å². The van der Waals surface area contributed by atoms with Gasteiger partial charge >= 0.3 is 0 Å². The number of halogens is 1. The highest BCUT2D eigenvalue weighted by molar-refractivity contribution is 5.88. The third-order valence-electron chi connectivity index (χ3n) is 3.26. The minimum Gasteiger partial charge on any atom is -0.398 e. The van der Waals surface area contributed by atoms with Gasteiger partial charge in [-0.05, 0) is 54.1 Å². The molecule has 0 spiro atoms. The molecule has 1 aliphatic rings. The van der Waals surface area contributed by atoms with E-state index in [1.165, 1.54) is 13.1 Å². The van der Waals surface area contributed by atoms with Crippen LogP contribution < -0.4 is 5.73 Å². The monoisotopic (exact) mass is 248 g/mol. The summed E-state index contributed by atoms with van der Waals surface area (Å²) >= 11 is 0. The van der Waals surface area contributed by atoms with Gasteiger partial charge in [0, 0.05) is 12.7 Å². The molecule has 0 aliphatic heterocycles. The average Bonchev–Trinajstić information content (AvgIpc) is 2.80. The first-order chi connectivity index (χ1) is 8.51. The highest BCUT2D eigenvalue weighted by Crippen LogP contribution is 2.33. The van der Waals surface area contributed by atoms with Gasteiger partial charge < -0.3 is 5.73 Å². The Morgan fingerprint density at radius 2 is 2.17 bits per heavy atom. The number of nitrogens with zero attached hydrogens (tertiary/aromatic N) is 1. The average molecular weight is 248 g/mol. The fraction of sp³-hybridized carbons (Fsp3) is 0.400. The second kappa shape index (κ2) is 6.34. The Kier molecular flexibility index (Phi) is 5.08. The third-order valence-corrected chi connectivity index (χ3v) is 3.26. The topological polar surface area (TPSA) is 38.4 Å². The first-order valence-corrected chi connectivity index (χ1v) is 6.20. The van der Waals surface area contributed by atoms with Crippen LogP contribution in [0.5, 0.6) is 0 Å². The van der Waals surface area contributed by atoms with Crippen LogP contribution in [0.25, 0.3) is 0 Å². The maximum atomic E-state index is 13.2. The molecular formula is C15H21FN2. The van der Waals surface area contributed by atoms with Gasteiger partial charge in [-0.2, -0.15) is 4.39 Å². The maximum Gasteiger partial charge on any atom is 0.208 e. The summed E-state index contributed by atoms with van der Waals surface area (Å²) in [5, 5.41) is 0. The van der Waals surface area contributed by atoms with Crippen molar-refractivity contribution in [2.75, 3.05) is 7.05 Å². The first-order valence-electron chi connectivity index (χ1n) is 6.20. The molecule has 1 aliphatic carbocycles. The maximum absolute atomic E-state index is 13.2. The zero-order chi connectivity index (χ0) is 13.7. The van der Waals surface area contributed by atoms with Crippen molar-refractivity contribution >= 4 is 5.97 Å². The molecule has 1 fully saturated rings. The summed E-state index contributed by atoms with van der Waals surface area (Å²) in [6, 6.07) is 0. The quantitative estimate of drug-likeness (QED) is 0.596. The molecule has 0 heterocycles. The lowest BCUT2D eigenvalue weighted by Crippen LogP contribution is -2.07. The van der Waals surface area contributed by atoms with Crippen molar-refractivity contribution in [2.24, 2.45) is 10.7 Å². The van der Waals surface area contributed by atoms with Crippen LogP contribution >= 0.6 is 0 Å². The van der Waals surface area contributed by atoms with Crippen LogP contribution in [0.4, 0.5) is 4.39 Å². The third kappa shape index (κ3) is 3.19. The van der Waals surface area contributed by atoms with Crippen LogP contribution in [0, 0.1) is 0 Å². The molecule has 3 heteroatoms. The lowest BCUT2D eigenvalue weighted by molar-refractivity contribution is 0.807. The van der Waals surface area contributed by atoms with Crippen molar-refractivity contribution in [2.45, 2.75) is 32.6 Å². The van der Waals surface area contributed by atoms with E-state index in [0.29, 0.717) is 17.7 Å². The fourth-order valence-corrected chi connectivity index (χ4v) is 2.10. The van der Waals surface area contributed by atoms with Gasteiger partial charge in [0.25, 0.3) is 0 Å². The molecule has 2 nitrogen and oxygen atoms in total. The molecular weight excluding hydrogens is 227 g/mol. The van der Waals surface area contributed by atoms with Crippen LogP contribution in [-0.2, 0) is 0 Å². The molecule has 0 amide bonds. The van der Waals surface area contributed by atoms with Gasteiger partial charge in [-0.3, -0.25) is 4.99 Å². The number of nitrogens with two attached hydrogens (primary N) is 1. The summed E-state index contributed by atoms with van der Waals surface area (Å²) in [6.07, 6.45) is 5.07. The Morgan fingerprint density at radius 3 is 2.61 bits per heavy atom. The molecule has 0 unspecified atom stereocenters.